The summed E-state index contributed by atoms with van der Waals surface area (Å²) in [6, 6.07) is 0. The first kappa shape index (κ1) is 11.2. The number of hydrogen-bond acceptors (Lipinski definition) is 4. The Morgan fingerprint density at radius 1 is 1.50 bits per heavy atom. The molecule has 0 heterocycles. The second-order valence-electron chi connectivity index (χ2n) is 2.35. The minimum absolute atomic E-state index is 0.396. The Hall–Kier alpha value is -0.850. The molecule has 0 saturated heterocycles. The van der Waals surface area contributed by atoms with E-state index in [-0.39, 0.29) is 0 Å². The van der Waals surface area contributed by atoms with E-state index in [1.54, 1.807) is 6.92 Å². The number of hydrogen-bond donors (Lipinski definition) is 3. The van der Waals surface area contributed by atoms with Gasteiger partial charge in [0.05, 0.1) is 5.41 Å². The van der Waals surface area contributed by atoms with Crippen LogP contribution in [0.4, 0.5) is 0 Å². The zero-order chi connectivity index (χ0) is 9.78. The second kappa shape index (κ2) is 4.24. The summed E-state index contributed by atoms with van der Waals surface area (Å²) in [5.41, 5.74) is 3.33. The van der Waals surface area contributed by atoms with E-state index in [4.69, 9.17) is 10.4 Å². The lowest BCUT2D eigenvalue weighted by Gasteiger charge is -1.97. The predicted molar refractivity (Wildman–Crippen MR) is 46.4 cm³/mol. The summed E-state index contributed by atoms with van der Waals surface area (Å²) in [6.45, 7) is 3.20. The molecular weight excluding hydrogens is 180 g/mol. The summed E-state index contributed by atoms with van der Waals surface area (Å²) in [5.74, 6) is 5.03. The van der Waals surface area contributed by atoms with Gasteiger partial charge in [0, 0.05) is 5.70 Å². The van der Waals surface area contributed by atoms with Crippen molar-refractivity contribution in [3.8, 4) is 0 Å². The molecule has 0 amide bonds. The van der Waals surface area contributed by atoms with Gasteiger partial charge in [0.25, 0.3) is 10.1 Å². The molecule has 0 aromatic carbocycles. The third-order valence-electron chi connectivity index (χ3n) is 1.01. The van der Waals surface area contributed by atoms with Gasteiger partial charge in [0.15, 0.2) is 0 Å². The first-order valence-electron chi connectivity index (χ1n) is 3.16. The van der Waals surface area contributed by atoms with Gasteiger partial charge < -0.3 is 5.43 Å². The second-order valence-corrected chi connectivity index (χ2v) is 3.61. The Morgan fingerprint density at radius 3 is 2.33 bits per heavy atom. The molecule has 5 nitrogen and oxygen atoms in total. The maximum absolute atomic E-state index is 10.3. The van der Waals surface area contributed by atoms with Crippen molar-refractivity contribution in [2.45, 2.75) is 13.8 Å². The fourth-order valence-corrected chi connectivity index (χ4v) is 1.19. The Balaban J connectivity index is 4.63. The van der Waals surface area contributed by atoms with Gasteiger partial charge in [-0.1, -0.05) is 0 Å². The van der Waals surface area contributed by atoms with E-state index in [1.807, 2.05) is 0 Å². The van der Waals surface area contributed by atoms with Crippen LogP contribution in [0.15, 0.2) is 22.8 Å². The van der Waals surface area contributed by atoms with Gasteiger partial charge in [-0.15, -0.1) is 0 Å². The summed E-state index contributed by atoms with van der Waals surface area (Å²) >= 11 is 0. The Morgan fingerprint density at radius 2 is 2.00 bits per heavy atom. The highest BCUT2D eigenvalue weighted by atomic mass is 32.2. The first-order chi connectivity index (χ1) is 5.35. The quantitative estimate of drug-likeness (QED) is 0.256. The van der Waals surface area contributed by atoms with E-state index in [0.29, 0.717) is 11.3 Å². The average molecular weight is 192 g/mol. The predicted octanol–water partition coefficient (Wildman–Crippen LogP) is 0.145. The van der Waals surface area contributed by atoms with Crippen molar-refractivity contribution in [3.05, 3.63) is 22.8 Å². The molecule has 0 aliphatic carbocycles. The van der Waals surface area contributed by atoms with Crippen molar-refractivity contribution in [1.82, 2.24) is 5.43 Å². The molecule has 0 radical (unpaired) electrons. The van der Waals surface area contributed by atoms with Crippen molar-refractivity contribution in [2.75, 3.05) is 0 Å². The molecule has 0 aliphatic rings. The van der Waals surface area contributed by atoms with Crippen molar-refractivity contribution in [2.24, 2.45) is 5.84 Å². The summed E-state index contributed by atoms with van der Waals surface area (Å²) in [4.78, 5) is 0. The van der Waals surface area contributed by atoms with Crippen LogP contribution in [0.5, 0.6) is 0 Å². The van der Waals surface area contributed by atoms with Crippen LogP contribution in [0.3, 0.4) is 0 Å². The number of nitrogens with two attached hydrogens (primary N) is 1. The van der Waals surface area contributed by atoms with E-state index in [1.165, 1.54) is 13.0 Å². The van der Waals surface area contributed by atoms with Crippen LogP contribution in [-0.4, -0.2) is 13.0 Å². The summed E-state index contributed by atoms with van der Waals surface area (Å²) in [6.07, 6.45) is 1.49. The fraction of sp³-hybridized carbons (Fsp3) is 0.333. The maximum Gasteiger partial charge on any atom is 0.287 e. The van der Waals surface area contributed by atoms with Gasteiger partial charge in [-0.05, 0) is 25.5 Å². The van der Waals surface area contributed by atoms with Gasteiger partial charge in [0.2, 0.25) is 0 Å². The smallest absolute Gasteiger partial charge is 0.287 e. The van der Waals surface area contributed by atoms with Crippen LogP contribution in [0.2, 0.25) is 0 Å². The van der Waals surface area contributed by atoms with E-state index in [0.717, 1.165) is 5.41 Å². The Bertz CT molecular complexity index is 303. The Labute approximate surface area is 71.7 Å². The minimum Gasteiger partial charge on any atom is -0.329 e. The molecule has 0 unspecified atom stereocenters. The highest BCUT2D eigenvalue weighted by Crippen LogP contribution is 2.00. The molecule has 0 aromatic heterocycles. The molecule has 0 bridgehead atoms. The molecular formula is C6H12N2O3S. The third kappa shape index (κ3) is 5.90. The number of nitrogens with one attached hydrogen (secondary N) is 1. The monoisotopic (exact) mass is 192 g/mol. The Kier molecular flexibility index (Phi) is 3.94. The normalized spacial score (nSPS) is 14.7. The van der Waals surface area contributed by atoms with Gasteiger partial charge >= 0.3 is 0 Å². The summed E-state index contributed by atoms with van der Waals surface area (Å²) in [7, 11) is -4.05. The van der Waals surface area contributed by atoms with Gasteiger partial charge in [-0.3, -0.25) is 10.4 Å². The molecule has 0 aromatic rings. The highest BCUT2D eigenvalue weighted by molar-refractivity contribution is 7.88. The number of rotatable bonds is 3. The van der Waals surface area contributed by atoms with E-state index < -0.39 is 10.1 Å². The van der Waals surface area contributed by atoms with Gasteiger partial charge in [0.1, 0.15) is 0 Å². The maximum atomic E-state index is 10.3. The minimum atomic E-state index is -4.05. The van der Waals surface area contributed by atoms with E-state index in [2.05, 4.69) is 5.43 Å². The summed E-state index contributed by atoms with van der Waals surface area (Å²) in [5, 5.41) is 0.744. The average Bonchev–Trinajstić information content (AvgIpc) is 1.82. The highest BCUT2D eigenvalue weighted by Gasteiger charge is 1.97. The molecule has 12 heavy (non-hydrogen) atoms. The van der Waals surface area contributed by atoms with E-state index in [9.17, 15) is 8.42 Å². The van der Waals surface area contributed by atoms with Crippen molar-refractivity contribution in [1.29, 1.82) is 0 Å². The molecule has 0 fully saturated rings. The topological polar surface area (TPSA) is 92.4 Å². The first-order valence-corrected chi connectivity index (χ1v) is 4.66. The van der Waals surface area contributed by atoms with Crippen LogP contribution in [0.1, 0.15) is 13.8 Å². The largest absolute Gasteiger partial charge is 0.329 e. The van der Waals surface area contributed by atoms with E-state index >= 15 is 0 Å². The lowest BCUT2D eigenvalue weighted by atomic mass is 10.3. The SMILES string of the molecule is CC(=C/S(=O)(=O)O)/C=C(/C)NN. The van der Waals surface area contributed by atoms with Crippen molar-refractivity contribution >= 4 is 10.1 Å². The molecule has 0 aliphatic heterocycles. The van der Waals surface area contributed by atoms with Crippen LogP contribution >= 0.6 is 0 Å². The van der Waals surface area contributed by atoms with Crippen LogP contribution in [0, 0.1) is 0 Å². The van der Waals surface area contributed by atoms with Gasteiger partial charge in [-0.2, -0.15) is 8.42 Å². The van der Waals surface area contributed by atoms with Crippen LogP contribution < -0.4 is 11.3 Å². The van der Waals surface area contributed by atoms with Crippen molar-refractivity contribution in [3.63, 3.8) is 0 Å². The van der Waals surface area contributed by atoms with Crippen molar-refractivity contribution < 1.29 is 13.0 Å². The standard InChI is InChI=1S/C6H12N2O3S/c1-5(3-6(2)8-7)4-12(9,10)11/h3-4,8H,7H2,1-2H3,(H,9,10,11)/b5-4-,6-3-. The molecule has 70 valence electrons. The zero-order valence-electron chi connectivity index (χ0n) is 6.90. The summed E-state index contributed by atoms with van der Waals surface area (Å²) < 4.78 is 29.0. The lowest BCUT2D eigenvalue weighted by Crippen LogP contribution is -2.18. The van der Waals surface area contributed by atoms with Crippen LogP contribution in [0.25, 0.3) is 0 Å². The van der Waals surface area contributed by atoms with Crippen LogP contribution in [-0.2, 0) is 10.1 Å². The fourth-order valence-electron chi connectivity index (χ4n) is 0.652. The molecule has 4 N–H and O–H groups in total. The molecule has 0 rings (SSSR count). The molecule has 0 saturated carbocycles. The molecule has 0 atom stereocenters. The third-order valence-corrected chi connectivity index (χ3v) is 1.68. The molecule has 6 heteroatoms. The number of allylic oxidation sites excluding steroid dienone is 3. The molecule has 0 spiro atoms. The lowest BCUT2D eigenvalue weighted by molar-refractivity contribution is 0.494. The zero-order valence-corrected chi connectivity index (χ0v) is 7.72. The van der Waals surface area contributed by atoms with Gasteiger partial charge in [-0.25, -0.2) is 0 Å². The number of hydrazine groups is 1.